The van der Waals surface area contributed by atoms with Gasteiger partial charge in [-0.1, -0.05) is 27.2 Å². The Kier molecular flexibility index (Phi) is 4.12. The molecule has 0 atom stereocenters. The van der Waals surface area contributed by atoms with Crippen molar-refractivity contribution in [2.24, 2.45) is 11.3 Å². The largest absolute Gasteiger partial charge is 0.308 e. The highest BCUT2D eigenvalue weighted by Crippen LogP contribution is 2.46. The first-order valence-electron chi connectivity index (χ1n) is 7.13. The Morgan fingerprint density at radius 3 is 2.56 bits per heavy atom. The second-order valence-electron chi connectivity index (χ2n) is 6.29. The summed E-state index contributed by atoms with van der Waals surface area (Å²) in [6.45, 7) is 7.17. The van der Waals surface area contributed by atoms with Crippen LogP contribution >= 0.6 is 11.3 Å². The minimum Gasteiger partial charge on any atom is -0.308 e. The van der Waals surface area contributed by atoms with Crippen LogP contribution in [0.4, 0.5) is 0 Å². The normalized spacial score (nSPS) is 29.4. The topological polar surface area (TPSA) is 24.9 Å². The lowest BCUT2D eigenvalue weighted by atomic mass is 9.65. The molecule has 1 aromatic heterocycles. The van der Waals surface area contributed by atoms with Crippen LogP contribution in [0.25, 0.3) is 0 Å². The molecule has 0 aromatic carbocycles. The van der Waals surface area contributed by atoms with Gasteiger partial charge in [0.1, 0.15) is 5.01 Å². The molecule has 1 aliphatic rings. The van der Waals surface area contributed by atoms with Gasteiger partial charge in [0, 0.05) is 11.6 Å². The fourth-order valence-electron chi connectivity index (χ4n) is 3.21. The van der Waals surface area contributed by atoms with Crippen molar-refractivity contribution in [2.45, 2.75) is 58.4 Å². The number of rotatable bonds is 4. The third-order valence-electron chi connectivity index (χ3n) is 5.18. The van der Waals surface area contributed by atoms with E-state index in [0.717, 1.165) is 5.92 Å². The lowest BCUT2D eigenvalue weighted by Crippen LogP contribution is -2.45. The SMILES string of the molecule is CCC(C)(C)C1CCC(NC)(c2nccs2)CC1. The summed E-state index contributed by atoms with van der Waals surface area (Å²) in [4.78, 5) is 4.55. The van der Waals surface area contributed by atoms with Gasteiger partial charge in [0.25, 0.3) is 0 Å². The molecule has 1 N–H and O–H groups in total. The Bertz CT molecular complexity index is 362. The van der Waals surface area contributed by atoms with E-state index in [-0.39, 0.29) is 5.54 Å². The zero-order valence-electron chi connectivity index (χ0n) is 12.1. The van der Waals surface area contributed by atoms with Crippen LogP contribution in [0.5, 0.6) is 0 Å². The van der Waals surface area contributed by atoms with E-state index in [1.807, 2.05) is 6.20 Å². The van der Waals surface area contributed by atoms with Crippen LogP contribution in [0.3, 0.4) is 0 Å². The van der Waals surface area contributed by atoms with E-state index < -0.39 is 0 Å². The zero-order valence-corrected chi connectivity index (χ0v) is 12.9. The van der Waals surface area contributed by atoms with Crippen LogP contribution in [-0.2, 0) is 5.54 Å². The van der Waals surface area contributed by atoms with Gasteiger partial charge in [0.2, 0.25) is 0 Å². The third-order valence-corrected chi connectivity index (χ3v) is 6.15. The summed E-state index contributed by atoms with van der Waals surface area (Å²) in [5.41, 5.74) is 0.636. The molecule has 0 radical (unpaired) electrons. The number of nitrogens with zero attached hydrogens (tertiary/aromatic N) is 1. The summed E-state index contributed by atoms with van der Waals surface area (Å²) in [5, 5.41) is 6.93. The van der Waals surface area contributed by atoms with Gasteiger partial charge in [-0.05, 0) is 44.1 Å². The van der Waals surface area contributed by atoms with Crippen molar-refractivity contribution >= 4 is 11.3 Å². The molecule has 1 heterocycles. The molecule has 0 unspecified atom stereocenters. The number of nitrogens with one attached hydrogen (secondary N) is 1. The molecule has 18 heavy (non-hydrogen) atoms. The zero-order chi connectivity index (χ0) is 13.2. The average molecular weight is 266 g/mol. The van der Waals surface area contributed by atoms with E-state index in [4.69, 9.17) is 0 Å². The molecule has 1 aromatic rings. The molecule has 0 spiro atoms. The lowest BCUT2D eigenvalue weighted by Gasteiger charge is -2.44. The van der Waals surface area contributed by atoms with E-state index in [1.54, 1.807) is 11.3 Å². The first kappa shape index (κ1) is 14.0. The summed E-state index contributed by atoms with van der Waals surface area (Å²) >= 11 is 1.79. The molecule has 0 bridgehead atoms. The Balaban J connectivity index is 2.09. The standard InChI is InChI=1S/C15H26N2S/c1-5-14(2,3)12-6-8-15(16-4,9-7-12)13-17-10-11-18-13/h10-12,16H,5-9H2,1-4H3. The summed E-state index contributed by atoms with van der Waals surface area (Å²) in [6.07, 6.45) is 8.31. The van der Waals surface area contributed by atoms with E-state index in [2.05, 4.69) is 43.5 Å². The average Bonchev–Trinajstić information content (AvgIpc) is 2.93. The van der Waals surface area contributed by atoms with Crippen molar-refractivity contribution in [3.63, 3.8) is 0 Å². The van der Waals surface area contributed by atoms with Crippen LogP contribution in [0.15, 0.2) is 11.6 Å². The fourth-order valence-corrected chi connectivity index (χ4v) is 4.12. The Labute approximate surface area is 115 Å². The molecule has 0 amide bonds. The van der Waals surface area contributed by atoms with Gasteiger partial charge in [-0.2, -0.15) is 0 Å². The maximum atomic E-state index is 4.55. The third kappa shape index (κ3) is 2.48. The molecule has 0 saturated heterocycles. The number of hydrogen-bond donors (Lipinski definition) is 1. The van der Waals surface area contributed by atoms with Gasteiger partial charge < -0.3 is 5.32 Å². The van der Waals surface area contributed by atoms with E-state index >= 15 is 0 Å². The number of hydrogen-bond acceptors (Lipinski definition) is 3. The van der Waals surface area contributed by atoms with E-state index in [9.17, 15) is 0 Å². The van der Waals surface area contributed by atoms with Gasteiger partial charge in [0.15, 0.2) is 0 Å². The monoisotopic (exact) mass is 266 g/mol. The summed E-state index contributed by atoms with van der Waals surface area (Å²) in [6, 6.07) is 0. The Hall–Kier alpha value is -0.410. The Morgan fingerprint density at radius 1 is 1.44 bits per heavy atom. The minimum absolute atomic E-state index is 0.147. The molecule has 1 aliphatic carbocycles. The van der Waals surface area contributed by atoms with Gasteiger partial charge >= 0.3 is 0 Å². The first-order valence-corrected chi connectivity index (χ1v) is 8.01. The second-order valence-corrected chi connectivity index (χ2v) is 7.18. The molecular formula is C15H26N2S. The second kappa shape index (κ2) is 5.30. The predicted octanol–water partition coefficient (Wildman–Crippen LogP) is 4.18. The molecular weight excluding hydrogens is 240 g/mol. The van der Waals surface area contributed by atoms with Gasteiger partial charge in [-0.15, -0.1) is 11.3 Å². The van der Waals surface area contributed by atoms with E-state index in [0.29, 0.717) is 5.41 Å². The summed E-state index contributed by atoms with van der Waals surface area (Å²) < 4.78 is 0. The molecule has 3 heteroatoms. The van der Waals surface area contributed by atoms with Crippen LogP contribution < -0.4 is 5.32 Å². The van der Waals surface area contributed by atoms with Gasteiger partial charge in [0.05, 0.1) is 5.54 Å². The van der Waals surface area contributed by atoms with Crippen molar-refractivity contribution in [1.82, 2.24) is 10.3 Å². The van der Waals surface area contributed by atoms with Crippen LogP contribution in [0.1, 0.15) is 57.9 Å². The highest BCUT2D eigenvalue weighted by molar-refractivity contribution is 7.09. The van der Waals surface area contributed by atoms with Crippen molar-refractivity contribution < 1.29 is 0 Å². The van der Waals surface area contributed by atoms with Gasteiger partial charge in [-0.25, -0.2) is 4.98 Å². The van der Waals surface area contributed by atoms with E-state index in [1.165, 1.54) is 37.1 Å². The van der Waals surface area contributed by atoms with Crippen molar-refractivity contribution in [2.75, 3.05) is 7.05 Å². The molecule has 1 fully saturated rings. The highest BCUT2D eigenvalue weighted by atomic mass is 32.1. The van der Waals surface area contributed by atoms with Crippen LogP contribution in [0.2, 0.25) is 0 Å². The minimum atomic E-state index is 0.147. The molecule has 102 valence electrons. The molecule has 2 rings (SSSR count). The summed E-state index contributed by atoms with van der Waals surface area (Å²) in [7, 11) is 2.09. The smallest absolute Gasteiger partial charge is 0.113 e. The quantitative estimate of drug-likeness (QED) is 0.884. The van der Waals surface area contributed by atoms with Crippen molar-refractivity contribution in [1.29, 1.82) is 0 Å². The molecule has 0 aliphatic heterocycles. The Morgan fingerprint density at radius 2 is 2.11 bits per heavy atom. The van der Waals surface area contributed by atoms with Crippen molar-refractivity contribution in [3.8, 4) is 0 Å². The molecule has 1 saturated carbocycles. The summed E-state index contributed by atoms with van der Waals surface area (Å²) in [5.74, 6) is 0.865. The lowest BCUT2D eigenvalue weighted by molar-refractivity contribution is 0.101. The first-order chi connectivity index (χ1) is 8.54. The van der Waals surface area contributed by atoms with Gasteiger partial charge in [-0.3, -0.25) is 0 Å². The highest BCUT2D eigenvalue weighted by Gasteiger charge is 2.41. The predicted molar refractivity (Wildman–Crippen MR) is 78.9 cm³/mol. The fraction of sp³-hybridized carbons (Fsp3) is 0.800. The van der Waals surface area contributed by atoms with Crippen LogP contribution in [0, 0.1) is 11.3 Å². The van der Waals surface area contributed by atoms with Crippen molar-refractivity contribution in [3.05, 3.63) is 16.6 Å². The molecule has 2 nitrogen and oxygen atoms in total. The number of aromatic nitrogens is 1. The maximum Gasteiger partial charge on any atom is 0.113 e. The number of thiazole rings is 1. The maximum absolute atomic E-state index is 4.55. The van der Waals surface area contributed by atoms with Crippen LogP contribution in [-0.4, -0.2) is 12.0 Å².